The van der Waals surface area contributed by atoms with E-state index in [9.17, 15) is 5.11 Å². The first kappa shape index (κ1) is 18.0. The van der Waals surface area contributed by atoms with Crippen LogP contribution < -0.4 is 4.90 Å². The van der Waals surface area contributed by atoms with Gasteiger partial charge in [0.1, 0.15) is 10.7 Å². The summed E-state index contributed by atoms with van der Waals surface area (Å²) in [5.74, 6) is 1.57. The van der Waals surface area contributed by atoms with Crippen molar-refractivity contribution >= 4 is 39.5 Å². The molecule has 2 aromatic heterocycles. The van der Waals surface area contributed by atoms with Crippen LogP contribution in [-0.4, -0.2) is 32.8 Å². The van der Waals surface area contributed by atoms with Gasteiger partial charge in [0.2, 0.25) is 10.8 Å². The van der Waals surface area contributed by atoms with Crippen LogP contribution in [0.1, 0.15) is 42.1 Å². The van der Waals surface area contributed by atoms with E-state index in [4.69, 9.17) is 23.2 Å². The fourth-order valence-corrected chi connectivity index (χ4v) is 5.22. The number of aryl methyl sites for hydroxylation is 1. The van der Waals surface area contributed by atoms with Crippen molar-refractivity contribution < 1.29 is 10.0 Å². The normalized spacial score (nSPS) is 22.0. The molecule has 0 radical (unpaired) electrons. The van der Waals surface area contributed by atoms with E-state index in [1.807, 2.05) is 25.1 Å². The lowest BCUT2D eigenvalue weighted by atomic mass is 9.95. The van der Waals surface area contributed by atoms with E-state index in [0.717, 1.165) is 29.4 Å². The number of rotatable bonds is 3. The van der Waals surface area contributed by atoms with Gasteiger partial charge in [-0.3, -0.25) is 0 Å². The monoisotopic (exact) mass is 411 g/mol. The molecule has 2 N–H and O–H groups in total. The number of hydrogen-bond donors (Lipinski definition) is 2. The second-order valence-corrected chi connectivity index (χ2v) is 8.91. The lowest BCUT2D eigenvalue weighted by Gasteiger charge is -2.33. The van der Waals surface area contributed by atoms with Crippen molar-refractivity contribution in [3.05, 3.63) is 44.5 Å². The van der Waals surface area contributed by atoms with Crippen molar-refractivity contribution in [2.75, 3.05) is 13.1 Å². The molecule has 1 fully saturated rings. The van der Waals surface area contributed by atoms with E-state index in [1.165, 1.54) is 33.6 Å². The predicted octanol–water partition coefficient (Wildman–Crippen LogP) is 3.52. The number of thiazole rings is 1. The van der Waals surface area contributed by atoms with Crippen LogP contribution in [0.3, 0.4) is 0 Å². The lowest BCUT2D eigenvalue weighted by molar-refractivity contribution is -0.931. The van der Waals surface area contributed by atoms with Crippen molar-refractivity contribution in [3.8, 4) is 5.88 Å². The molecule has 0 bridgehead atoms. The number of nitrogens with zero attached hydrogens (tertiary/aromatic N) is 3. The molecular formula is C18H21Cl2N4OS+. The molecule has 26 heavy (non-hydrogen) atoms. The van der Waals surface area contributed by atoms with Crippen LogP contribution in [0, 0.1) is 12.8 Å². The third-order valence-electron chi connectivity index (χ3n) is 5.17. The largest absolute Gasteiger partial charge is 0.492 e. The topological polar surface area (TPSA) is 54.9 Å². The van der Waals surface area contributed by atoms with Crippen LogP contribution in [0.5, 0.6) is 5.88 Å². The van der Waals surface area contributed by atoms with Crippen LogP contribution in [0.15, 0.2) is 18.2 Å². The van der Waals surface area contributed by atoms with Gasteiger partial charge in [0, 0.05) is 5.56 Å². The first-order chi connectivity index (χ1) is 12.4. The van der Waals surface area contributed by atoms with E-state index in [0.29, 0.717) is 20.8 Å². The molecule has 5 nitrogen and oxygen atoms in total. The molecule has 1 aliphatic rings. The third-order valence-corrected chi connectivity index (χ3v) is 6.99. The van der Waals surface area contributed by atoms with Gasteiger partial charge < -0.3 is 10.0 Å². The fraction of sp³-hybridized carbons (Fsp3) is 0.444. The number of piperidine rings is 1. The van der Waals surface area contributed by atoms with Crippen molar-refractivity contribution in [2.24, 2.45) is 5.92 Å². The van der Waals surface area contributed by atoms with Gasteiger partial charge in [-0.1, -0.05) is 47.5 Å². The van der Waals surface area contributed by atoms with Gasteiger partial charge in [0.25, 0.3) is 0 Å². The molecule has 1 aliphatic heterocycles. The predicted molar refractivity (Wildman–Crippen MR) is 105 cm³/mol. The van der Waals surface area contributed by atoms with Crippen molar-refractivity contribution in [1.29, 1.82) is 0 Å². The SMILES string of the molecule is Cc1nc2sc([C@H](c3ccc(Cl)c(Cl)c3)[NH+]3CCC(C)CC3)c(O)n2n1. The number of benzene rings is 1. The molecule has 3 aromatic rings. The standard InChI is InChI=1S/C18H20Cl2N4OS/c1-10-5-7-23(8-6-10)15(12-3-4-13(19)14(20)9-12)16-17(25)24-18(26-16)21-11(2)22-24/h3-4,9-10,15,25H,5-8H2,1-2H3/p+1/t15-/m0/s1. The van der Waals surface area contributed by atoms with Gasteiger partial charge in [-0.15, -0.1) is 5.10 Å². The molecule has 138 valence electrons. The maximum Gasteiger partial charge on any atom is 0.235 e. The maximum atomic E-state index is 10.8. The summed E-state index contributed by atoms with van der Waals surface area (Å²) in [5, 5.41) is 16.2. The highest BCUT2D eigenvalue weighted by Crippen LogP contribution is 2.37. The maximum absolute atomic E-state index is 10.8. The highest BCUT2D eigenvalue weighted by atomic mass is 35.5. The molecule has 0 spiro atoms. The Morgan fingerprint density at radius 1 is 1.27 bits per heavy atom. The molecule has 0 aliphatic carbocycles. The number of aromatic hydroxyl groups is 1. The zero-order chi connectivity index (χ0) is 18.4. The molecule has 3 heterocycles. The lowest BCUT2D eigenvalue weighted by Crippen LogP contribution is -3.13. The van der Waals surface area contributed by atoms with Crippen LogP contribution >= 0.6 is 34.5 Å². The van der Waals surface area contributed by atoms with Gasteiger partial charge in [0.15, 0.2) is 6.04 Å². The molecule has 1 saturated heterocycles. The summed E-state index contributed by atoms with van der Waals surface area (Å²) in [5.41, 5.74) is 1.06. The minimum Gasteiger partial charge on any atom is -0.492 e. The van der Waals surface area contributed by atoms with Crippen LogP contribution in [0.4, 0.5) is 0 Å². The molecule has 8 heteroatoms. The number of halogens is 2. The summed E-state index contributed by atoms with van der Waals surface area (Å²) in [6.07, 6.45) is 2.35. The van der Waals surface area contributed by atoms with Gasteiger partial charge in [-0.25, -0.2) is 4.98 Å². The Bertz CT molecular complexity index is 946. The minimum atomic E-state index is -0.00827. The Kier molecular flexibility index (Phi) is 4.86. The number of aromatic nitrogens is 3. The van der Waals surface area contributed by atoms with Crippen LogP contribution in [-0.2, 0) is 0 Å². The zero-order valence-corrected chi connectivity index (χ0v) is 17.0. The first-order valence-electron chi connectivity index (χ1n) is 8.78. The van der Waals surface area contributed by atoms with Crippen LogP contribution in [0.25, 0.3) is 4.96 Å². The van der Waals surface area contributed by atoms with Gasteiger partial charge in [0.05, 0.1) is 23.1 Å². The summed E-state index contributed by atoms with van der Waals surface area (Å²) in [7, 11) is 0. The van der Waals surface area contributed by atoms with Gasteiger partial charge >= 0.3 is 0 Å². The first-order valence-corrected chi connectivity index (χ1v) is 10.4. The Morgan fingerprint density at radius 3 is 2.65 bits per heavy atom. The smallest absolute Gasteiger partial charge is 0.235 e. The van der Waals surface area contributed by atoms with Crippen molar-refractivity contribution in [1.82, 2.24) is 14.6 Å². The molecular weight excluding hydrogens is 391 g/mol. The summed E-state index contributed by atoms with van der Waals surface area (Å²) >= 11 is 13.9. The van der Waals surface area contributed by atoms with Gasteiger partial charge in [-0.2, -0.15) is 4.52 Å². The van der Waals surface area contributed by atoms with E-state index in [-0.39, 0.29) is 11.9 Å². The summed E-state index contributed by atoms with van der Waals surface area (Å²) < 4.78 is 1.53. The Labute approximate surface area is 166 Å². The molecule has 4 rings (SSSR count). The van der Waals surface area contributed by atoms with Crippen molar-refractivity contribution in [2.45, 2.75) is 32.7 Å². The van der Waals surface area contributed by atoms with E-state index in [1.54, 1.807) is 0 Å². The Morgan fingerprint density at radius 2 is 2.00 bits per heavy atom. The van der Waals surface area contributed by atoms with E-state index >= 15 is 0 Å². The molecule has 1 atom stereocenters. The Balaban J connectivity index is 1.82. The van der Waals surface area contributed by atoms with E-state index < -0.39 is 0 Å². The third kappa shape index (κ3) is 3.20. The molecule has 0 saturated carbocycles. The van der Waals surface area contributed by atoms with E-state index in [2.05, 4.69) is 17.0 Å². The second-order valence-electron chi connectivity index (χ2n) is 7.09. The minimum absolute atomic E-state index is 0.00827. The fourth-order valence-electron chi connectivity index (χ4n) is 3.72. The van der Waals surface area contributed by atoms with Crippen LogP contribution in [0.2, 0.25) is 10.0 Å². The number of nitrogens with one attached hydrogen (secondary N) is 1. The summed E-state index contributed by atoms with van der Waals surface area (Å²) in [6, 6.07) is 5.74. The van der Waals surface area contributed by atoms with Gasteiger partial charge in [-0.05, 0) is 37.8 Å². The number of fused-ring (bicyclic) bond motifs is 1. The average molecular weight is 412 g/mol. The second kappa shape index (κ2) is 7.00. The van der Waals surface area contributed by atoms with Crippen molar-refractivity contribution in [3.63, 3.8) is 0 Å². The zero-order valence-electron chi connectivity index (χ0n) is 14.7. The summed E-state index contributed by atoms with van der Waals surface area (Å²) in [6.45, 7) is 6.23. The Hall–Kier alpha value is -1.34. The molecule has 1 aromatic carbocycles. The number of likely N-dealkylation sites (tertiary alicyclic amines) is 1. The number of quaternary nitrogens is 1. The highest BCUT2D eigenvalue weighted by Gasteiger charge is 2.35. The average Bonchev–Trinajstić information content (AvgIpc) is 3.11. The quantitative estimate of drug-likeness (QED) is 0.692. The molecule has 0 amide bonds. The number of hydrogen-bond acceptors (Lipinski definition) is 4. The highest BCUT2D eigenvalue weighted by molar-refractivity contribution is 7.17. The summed E-state index contributed by atoms with van der Waals surface area (Å²) in [4.78, 5) is 7.43. The molecule has 0 unspecified atom stereocenters.